The van der Waals surface area contributed by atoms with Crippen molar-refractivity contribution in [1.82, 2.24) is 10.5 Å². The zero-order valence-corrected chi connectivity index (χ0v) is 22.1. The lowest BCUT2D eigenvalue weighted by molar-refractivity contribution is -0.133. The van der Waals surface area contributed by atoms with Gasteiger partial charge in [0.05, 0.1) is 18.3 Å². The van der Waals surface area contributed by atoms with Gasteiger partial charge in [0.25, 0.3) is 5.91 Å². The van der Waals surface area contributed by atoms with Gasteiger partial charge in [0.15, 0.2) is 29.7 Å². The number of anilines is 2. The van der Waals surface area contributed by atoms with E-state index in [9.17, 15) is 18.8 Å². The molecule has 11 nitrogen and oxygen atoms in total. The van der Waals surface area contributed by atoms with Crippen LogP contribution in [0.1, 0.15) is 12.8 Å². The van der Waals surface area contributed by atoms with Crippen LogP contribution in [0, 0.1) is 17.0 Å². The van der Waals surface area contributed by atoms with Crippen molar-refractivity contribution in [3.63, 3.8) is 0 Å². The fourth-order valence-corrected chi connectivity index (χ4v) is 4.37. The first-order valence-electron chi connectivity index (χ1n) is 12.6. The third-order valence-corrected chi connectivity index (χ3v) is 6.78. The van der Waals surface area contributed by atoms with Gasteiger partial charge in [0.2, 0.25) is 11.8 Å². The number of carbonyl (C=O) groups is 3. The molecule has 4 N–H and O–H groups in total. The molecule has 4 aromatic rings. The lowest BCUT2D eigenvalue weighted by atomic mass is 10.0. The van der Waals surface area contributed by atoms with Crippen LogP contribution in [0.15, 0.2) is 66.9 Å². The van der Waals surface area contributed by atoms with Gasteiger partial charge in [-0.25, -0.2) is 14.3 Å². The Morgan fingerprint density at radius 3 is 2.31 bits per heavy atom. The molecule has 0 bridgehead atoms. The number of nitrogens with zero attached hydrogens (tertiary/aromatic N) is 2. The highest BCUT2D eigenvalue weighted by Gasteiger charge is 2.57. The van der Waals surface area contributed by atoms with E-state index >= 15 is 4.39 Å². The molecule has 1 heterocycles. The summed E-state index contributed by atoms with van der Waals surface area (Å²) in [6, 6.07) is 13.3. The molecule has 1 aliphatic rings. The highest BCUT2D eigenvalue weighted by molar-refractivity contribution is 6.16. The highest BCUT2D eigenvalue weighted by Crippen LogP contribution is 2.49. The van der Waals surface area contributed by atoms with Gasteiger partial charge in [0, 0.05) is 29.4 Å². The molecule has 13 heteroatoms. The zero-order chi connectivity index (χ0) is 30.0. The van der Waals surface area contributed by atoms with Gasteiger partial charge in [-0.05, 0) is 61.4 Å². The van der Waals surface area contributed by atoms with Crippen LogP contribution in [0.4, 0.5) is 20.2 Å². The summed E-state index contributed by atoms with van der Waals surface area (Å²) in [5.41, 5.74) is 6.24. The fourth-order valence-electron chi connectivity index (χ4n) is 4.37. The number of pyridine rings is 1. The standard InChI is InChI=1S/C29H24F2N4O7/c1-40-24-13-19-21(14-25(24)41-15-26(36)34-39)33-11-8-22(19)42-23-7-6-18(12-20(23)31)35(17-4-2-16(30)3-5-17)28(38)29(9-10-29)27(32)37/h2-8,11-14,39H,9-10,15H2,1H3,(H2,32,37)(H,34,36). The van der Waals surface area contributed by atoms with Crippen LogP contribution in [0.2, 0.25) is 0 Å². The fraction of sp³-hybridized carbons (Fsp3) is 0.172. The largest absolute Gasteiger partial charge is 0.493 e. The number of rotatable bonds is 10. The molecule has 216 valence electrons. The summed E-state index contributed by atoms with van der Waals surface area (Å²) < 4.78 is 45.7. The van der Waals surface area contributed by atoms with Gasteiger partial charge in [0.1, 0.15) is 17.0 Å². The molecular formula is C29H24F2N4O7. The molecule has 5 rings (SSSR count). The Balaban J connectivity index is 1.48. The van der Waals surface area contributed by atoms with E-state index in [-0.39, 0.29) is 47.2 Å². The Hall–Kier alpha value is -5.30. The molecule has 3 amide bonds. The summed E-state index contributed by atoms with van der Waals surface area (Å²) in [5.74, 6) is -3.16. The molecule has 0 atom stereocenters. The number of nitrogens with one attached hydrogen (secondary N) is 1. The maximum absolute atomic E-state index is 15.5. The summed E-state index contributed by atoms with van der Waals surface area (Å²) >= 11 is 0. The second kappa shape index (κ2) is 11.3. The summed E-state index contributed by atoms with van der Waals surface area (Å²) in [7, 11) is 1.38. The molecule has 0 spiro atoms. The van der Waals surface area contributed by atoms with Crippen molar-refractivity contribution >= 4 is 40.0 Å². The molecule has 0 saturated heterocycles. The number of aromatic nitrogens is 1. The molecule has 1 saturated carbocycles. The Morgan fingerprint density at radius 1 is 0.976 bits per heavy atom. The van der Waals surface area contributed by atoms with Gasteiger partial charge in [-0.1, -0.05) is 0 Å². The van der Waals surface area contributed by atoms with Crippen molar-refractivity contribution < 1.29 is 42.6 Å². The zero-order valence-electron chi connectivity index (χ0n) is 22.1. The minimum Gasteiger partial charge on any atom is -0.493 e. The minimum atomic E-state index is -1.42. The number of methoxy groups -OCH3 is 1. The van der Waals surface area contributed by atoms with Gasteiger partial charge in [-0.3, -0.25) is 29.5 Å². The van der Waals surface area contributed by atoms with Crippen LogP contribution in [0.25, 0.3) is 10.9 Å². The Kier molecular flexibility index (Phi) is 7.59. The normalized spacial score (nSPS) is 13.2. The van der Waals surface area contributed by atoms with Crippen molar-refractivity contribution in [3.8, 4) is 23.0 Å². The van der Waals surface area contributed by atoms with Crippen LogP contribution in [0.5, 0.6) is 23.0 Å². The lowest BCUT2D eigenvalue weighted by Crippen LogP contribution is -2.41. The summed E-state index contributed by atoms with van der Waals surface area (Å²) in [4.78, 5) is 42.3. The predicted octanol–water partition coefficient (Wildman–Crippen LogP) is 4.13. The van der Waals surface area contributed by atoms with E-state index in [1.54, 1.807) is 0 Å². The number of carbonyl (C=O) groups excluding carboxylic acids is 3. The minimum absolute atomic E-state index is 0.0824. The van der Waals surface area contributed by atoms with Crippen molar-refractivity contribution in [1.29, 1.82) is 0 Å². The highest BCUT2D eigenvalue weighted by atomic mass is 19.1. The second-order valence-corrected chi connectivity index (χ2v) is 9.43. The molecule has 1 fully saturated rings. The maximum atomic E-state index is 15.5. The van der Waals surface area contributed by atoms with Gasteiger partial charge >= 0.3 is 0 Å². The molecule has 0 unspecified atom stereocenters. The number of nitrogens with two attached hydrogens (primary N) is 1. The summed E-state index contributed by atoms with van der Waals surface area (Å²) in [6.07, 6.45) is 1.93. The molecule has 1 aliphatic carbocycles. The first-order chi connectivity index (χ1) is 20.2. The van der Waals surface area contributed by atoms with Gasteiger partial charge in [-0.15, -0.1) is 0 Å². The van der Waals surface area contributed by atoms with Crippen molar-refractivity contribution in [2.45, 2.75) is 12.8 Å². The topological polar surface area (TPSA) is 153 Å². The third kappa shape index (κ3) is 5.37. The van der Waals surface area contributed by atoms with Crippen LogP contribution in [-0.2, 0) is 14.4 Å². The van der Waals surface area contributed by atoms with Crippen molar-refractivity contribution in [3.05, 3.63) is 78.5 Å². The van der Waals surface area contributed by atoms with E-state index in [0.29, 0.717) is 10.9 Å². The first kappa shape index (κ1) is 28.2. The first-order valence-corrected chi connectivity index (χ1v) is 12.6. The summed E-state index contributed by atoms with van der Waals surface area (Å²) in [5, 5.41) is 9.12. The number of hydrogen-bond acceptors (Lipinski definition) is 8. The molecular weight excluding hydrogens is 554 g/mol. The number of amides is 3. The Morgan fingerprint density at radius 2 is 1.69 bits per heavy atom. The number of hydroxylamine groups is 1. The van der Waals surface area contributed by atoms with E-state index < -0.39 is 41.4 Å². The number of primary amides is 1. The number of benzene rings is 3. The van der Waals surface area contributed by atoms with E-state index in [1.165, 1.54) is 61.3 Å². The Bertz CT molecular complexity index is 1690. The smallest absolute Gasteiger partial charge is 0.281 e. The number of halogens is 2. The third-order valence-electron chi connectivity index (χ3n) is 6.78. The van der Waals surface area contributed by atoms with E-state index in [0.717, 1.165) is 23.1 Å². The van der Waals surface area contributed by atoms with Gasteiger partial charge < -0.3 is 19.9 Å². The quantitative estimate of drug-likeness (QED) is 0.144. The average molecular weight is 579 g/mol. The molecule has 42 heavy (non-hydrogen) atoms. The van der Waals surface area contributed by atoms with E-state index in [4.69, 9.17) is 25.2 Å². The summed E-state index contributed by atoms with van der Waals surface area (Å²) in [6.45, 7) is -0.482. The van der Waals surface area contributed by atoms with E-state index in [1.807, 2.05) is 0 Å². The van der Waals surface area contributed by atoms with Gasteiger partial charge in [-0.2, -0.15) is 0 Å². The number of hydrogen-bond donors (Lipinski definition) is 3. The number of ether oxygens (including phenoxy) is 3. The second-order valence-electron chi connectivity index (χ2n) is 9.43. The number of fused-ring (bicyclic) bond motifs is 1. The monoisotopic (exact) mass is 578 g/mol. The van der Waals surface area contributed by atoms with Crippen molar-refractivity contribution in [2.75, 3.05) is 18.6 Å². The SMILES string of the molecule is COc1cc2c(Oc3ccc(N(C(=O)C4(C(N)=O)CC4)c4ccc(F)cc4)cc3F)ccnc2cc1OCC(=O)NO. The van der Waals surface area contributed by atoms with Crippen LogP contribution in [-0.4, -0.2) is 41.6 Å². The molecule has 0 radical (unpaired) electrons. The molecule has 0 aliphatic heterocycles. The molecule has 1 aromatic heterocycles. The predicted molar refractivity (Wildman–Crippen MR) is 145 cm³/mol. The van der Waals surface area contributed by atoms with Crippen molar-refractivity contribution in [2.24, 2.45) is 11.1 Å². The van der Waals surface area contributed by atoms with E-state index in [2.05, 4.69) is 4.98 Å². The Labute approximate surface area is 237 Å². The van der Waals surface area contributed by atoms with Crippen LogP contribution >= 0.6 is 0 Å². The van der Waals surface area contributed by atoms with Crippen LogP contribution < -0.4 is 30.3 Å². The maximum Gasteiger partial charge on any atom is 0.281 e. The molecule has 3 aromatic carbocycles. The lowest BCUT2D eigenvalue weighted by Gasteiger charge is -2.26. The average Bonchev–Trinajstić information content (AvgIpc) is 3.80. The van der Waals surface area contributed by atoms with Crippen LogP contribution in [0.3, 0.4) is 0 Å².